The number of rotatable bonds is 9. The first kappa shape index (κ1) is 24.2. The Balaban J connectivity index is 1.74. The number of nitrogens with zero attached hydrogens (tertiary/aromatic N) is 4. The van der Waals surface area contributed by atoms with E-state index in [9.17, 15) is 4.79 Å². The molecule has 1 aromatic heterocycles. The molecule has 0 saturated heterocycles. The average molecular weight is 444 g/mol. The Morgan fingerprint density at radius 2 is 1.91 bits per heavy atom. The minimum Gasteiger partial charge on any atom is -0.496 e. The Bertz CT molecular complexity index is 925. The van der Waals surface area contributed by atoms with Crippen molar-refractivity contribution in [2.45, 2.75) is 59.7 Å². The van der Waals surface area contributed by atoms with E-state index in [1.165, 1.54) is 18.2 Å². The van der Waals surface area contributed by atoms with E-state index in [-0.39, 0.29) is 18.6 Å². The molecule has 1 amide bonds. The normalized spacial score (nSPS) is 15.3. The van der Waals surface area contributed by atoms with Crippen molar-refractivity contribution in [3.8, 4) is 5.75 Å². The number of hydrogen-bond acceptors (Lipinski definition) is 6. The van der Waals surface area contributed by atoms with Crippen LogP contribution in [0.4, 0.5) is 0 Å². The summed E-state index contributed by atoms with van der Waals surface area (Å²) in [5.74, 6) is 3.05. The van der Waals surface area contributed by atoms with E-state index >= 15 is 0 Å². The van der Waals surface area contributed by atoms with Gasteiger partial charge in [-0.15, -0.1) is 10.2 Å². The van der Waals surface area contributed by atoms with Crippen molar-refractivity contribution in [1.29, 1.82) is 0 Å². The second kappa shape index (κ2) is 10.9. The summed E-state index contributed by atoms with van der Waals surface area (Å²) >= 11 is 0. The zero-order chi connectivity index (χ0) is 23.3. The molecule has 0 saturated carbocycles. The molecule has 176 valence electrons. The van der Waals surface area contributed by atoms with Crippen molar-refractivity contribution in [1.82, 2.24) is 25.0 Å². The van der Waals surface area contributed by atoms with E-state index in [0.717, 1.165) is 62.0 Å². The molecule has 8 nitrogen and oxygen atoms in total. The van der Waals surface area contributed by atoms with E-state index < -0.39 is 0 Å². The zero-order valence-electron chi connectivity index (χ0n) is 20.3. The van der Waals surface area contributed by atoms with Crippen LogP contribution in [0.15, 0.2) is 12.1 Å². The number of aryl methyl sites for hydroxylation is 2. The van der Waals surface area contributed by atoms with Gasteiger partial charge in [0.1, 0.15) is 18.2 Å². The number of aromatic nitrogens is 3. The van der Waals surface area contributed by atoms with Gasteiger partial charge in [0.2, 0.25) is 5.91 Å². The molecule has 1 atom stereocenters. The van der Waals surface area contributed by atoms with E-state index in [4.69, 9.17) is 9.47 Å². The largest absolute Gasteiger partial charge is 0.496 e. The minimum absolute atomic E-state index is 0.0456. The van der Waals surface area contributed by atoms with Crippen molar-refractivity contribution in [3.05, 3.63) is 40.5 Å². The first-order valence-electron chi connectivity index (χ1n) is 11.4. The van der Waals surface area contributed by atoms with Gasteiger partial charge in [-0.3, -0.25) is 9.69 Å². The highest BCUT2D eigenvalue weighted by Crippen LogP contribution is 2.25. The summed E-state index contributed by atoms with van der Waals surface area (Å²) in [5, 5.41) is 12.1. The number of ether oxygens (including phenoxy) is 2. The molecule has 0 aliphatic carbocycles. The van der Waals surface area contributed by atoms with Crippen LogP contribution in [0.3, 0.4) is 0 Å². The summed E-state index contributed by atoms with van der Waals surface area (Å²) in [4.78, 5) is 14.7. The minimum atomic E-state index is -0.170. The predicted molar refractivity (Wildman–Crippen MR) is 124 cm³/mol. The Morgan fingerprint density at radius 1 is 1.12 bits per heavy atom. The maximum atomic E-state index is 12.2. The molecule has 1 aliphatic heterocycles. The average Bonchev–Trinajstić information content (AvgIpc) is 3.04. The van der Waals surface area contributed by atoms with Crippen molar-refractivity contribution in [2.75, 3.05) is 33.9 Å². The van der Waals surface area contributed by atoms with E-state index in [1.54, 1.807) is 7.11 Å². The molecule has 0 spiro atoms. The van der Waals surface area contributed by atoms with Crippen LogP contribution in [0.5, 0.6) is 5.75 Å². The topological polar surface area (TPSA) is 81.5 Å². The van der Waals surface area contributed by atoms with Gasteiger partial charge in [0.15, 0.2) is 5.82 Å². The number of nitrogens with one attached hydrogen (secondary N) is 1. The summed E-state index contributed by atoms with van der Waals surface area (Å²) in [6, 6.07) is 4.18. The zero-order valence-corrected chi connectivity index (χ0v) is 20.3. The number of hydrogen-bond donors (Lipinski definition) is 1. The van der Waals surface area contributed by atoms with Crippen molar-refractivity contribution >= 4 is 5.91 Å². The molecule has 32 heavy (non-hydrogen) atoms. The van der Waals surface area contributed by atoms with Crippen LogP contribution < -0.4 is 10.1 Å². The molecule has 1 aliphatic rings. The number of carbonyl (C=O) groups excluding carboxylic acids is 1. The quantitative estimate of drug-likeness (QED) is 0.642. The van der Waals surface area contributed by atoms with Crippen molar-refractivity contribution < 1.29 is 14.3 Å². The predicted octanol–water partition coefficient (Wildman–Crippen LogP) is 2.81. The van der Waals surface area contributed by atoms with Crippen LogP contribution in [0.25, 0.3) is 0 Å². The molecule has 1 unspecified atom stereocenters. The van der Waals surface area contributed by atoms with Crippen LogP contribution in [0.2, 0.25) is 0 Å². The van der Waals surface area contributed by atoms with E-state index in [0.29, 0.717) is 5.92 Å². The SMILES string of the molecule is COCC(=O)NC(CC(C)C)c1nnc2n1CCN(Cc1cc(C)c(OC)cc1C)CC2. The van der Waals surface area contributed by atoms with Crippen LogP contribution in [0, 0.1) is 19.8 Å². The fraction of sp³-hybridized carbons (Fsp3) is 0.625. The lowest BCUT2D eigenvalue weighted by atomic mass is 10.0. The molecule has 0 fully saturated rings. The summed E-state index contributed by atoms with van der Waals surface area (Å²) in [7, 11) is 3.24. The molecule has 2 aromatic rings. The number of fused-ring (bicyclic) bond motifs is 1. The third-order valence-electron chi connectivity index (χ3n) is 6.02. The van der Waals surface area contributed by atoms with Gasteiger partial charge in [0.25, 0.3) is 0 Å². The first-order valence-corrected chi connectivity index (χ1v) is 11.4. The maximum Gasteiger partial charge on any atom is 0.246 e. The summed E-state index contributed by atoms with van der Waals surface area (Å²) < 4.78 is 12.7. The molecular weight excluding hydrogens is 406 g/mol. The lowest BCUT2D eigenvalue weighted by Gasteiger charge is -2.23. The fourth-order valence-corrected chi connectivity index (χ4v) is 4.35. The maximum absolute atomic E-state index is 12.2. The van der Waals surface area contributed by atoms with Crippen LogP contribution in [-0.4, -0.2) is 59.5 Å². The number of methoxy groups -OCH3 is 2. The highest BCUT2D eigenvalue weighted by atomic mass is 16.5. The van der Waals surface area contributed by atoms with Crippen molar-refractivity contribution in [3.63, 3.8) is 0 Å². The molecular formula is C24H37N5O3. The molecule has 8 heteroatoms. The molecule has 0 bridgehead atoms. The third-order valence-corrected chi connectivity index (χ3v) is 6.02. The first-order chi connectivity index (χ1) is 15.3. The number of carbonyl (C=O) groups is 1. The van der Waals surface area contributed by atoms with Crippen LogP contribution in [-0.2, 0) is 29.0 Å². The Hall–Kier alpha value is -2.45. The number of amides is 1. The molecule has 0 radical (unpaired) electrons. The Morgan fingerprint density at radius 3 is 2.59 bits per heavy atom. The van der Waals surface area contributed by atoms with Gasteiger partial charge in [-0.2, -0.15) is 0 Å². The molecule has 1 N–H and O–H groups in total. The van der Waals surface area contributed by atoms with E-state index in [1.807, 2.05) is 0 Å². The second-order valence-electron chi connectivity index (χ2n) is 9.08. The lowest BCUT2D eigenvalue weighted by Crippen LogP contribution is -2.34. The van der Waals surface area contributed by atoms with E-state index in [2.05, 4.69) is 64.8 Å². The standard InChI is InChI=1S/C24H37N5O3/c1-16(2)11-20(25-23(30)15-31-5)24-27-26-22-7-8-28(9-10-29(22)24)14-19-12-18(4)21(32-6)13-17(19)3/h12-13,16,20H,7-11,14-15H2,1-6H3,(H,25,30). The smallest absolute Gasteiger partial charge is 0.246 e. The van der Waals surface area contributed by atoms with Gasteiger partial charge in [-0.05, 0) is 48.9 Å². The fourth-order valence-electron chi connectivity index (χ4n) is 4.35. The summed E-state index contributed by atoms with van der Waals surface area (Å²) in [6.45, 7) is 12.1. The highest BCUT2D eigenvalue weighted by Gasteiger charge is 2.26. The second-order valence-corrected chi connectivity index (χ2v) is 9.08. The Kier molecular flexibility index (Phi) is 8.26. The van der Waals surface area contributed by atoms with Gasteiger partial charge < -0.3 is 19.4 Å². The highest BCUT2D eigenvalue weighted by molar-refractivity contribution is 5.77. The van der Waals surface area contributed by atoms with Gasteiger partial charge in [-0.25, -0.2) is 0 Å². The molecule has 1 aromatic carbocycles. The van der Waals surface area contributed by atoms with Gasteiger partial charge >= 0.3 is 0 Å². The van der Waals surface area contributed by atoms with Crippen LogP contribution >= 0.6 is 0 Å². The summed E-state index contributed by atoms with van der Waals surface area (Å²) in [5.41, 5.74) is 3.73. The lowest BCUT2D eigenvalue weighted by molar-refractivity contribution is -0.125. The number of benzene rings is 1. The van der Waals surface area contributed by atoms with Crippen LogP contribution in [0.1, 0.15) is 54.6 Å². The third kappa shape index (κ3) is 5.86. The summed E-state index contributed by atoms with van der Waals surface area (Å²) in [6.07, 6.45) is 1.64. The Labute approximate surface area is 191 Å². The molecule has 3 rings (SSSR count). The van der Waals surface area contributed by atoms with Gasteiger partial charge in [-0.1, -0.05) is 19.9 Å². The molecule has 2 heterocycles. The van der Waals surface area contributed by atoms with Crippen molar-refractivity contribution in [2.24, 2.45) is 5.92 Å². The van der Waals surface area contributed by atoms with Gasteiger partial charge in [0.05, 0.1) is 13.2 Å². The monoisotopic (exact) mass is 443 g/mol. The van der Waals surface area contributed by atoms with Gasteiger partial charge in [0, 0.05) is 39.7 Å².